The zero-order valence-electron chi connectivity index (χ0n) is 14.0. The predicted molar refractivity (Wildman–Crippen MR) is 86.2 cm³/mol. The van der Waals surface area contributed by atoms with E-state index in [1.54, 1.807) is 19.0 Å². The monoisotopic (exact) mass is 310 g/mol. The average Bonchev–Trinajstić information content (AvgIpc) is 3.00. The third-order valence-corrected chi connectivity index (χ3v) is 5.10. The van der Waals surface area contributed by atoms with Crippen LogP contribution in [0.15, 0.2) is 0 Å². The normalized spacial score (nSPS) is 26.2. The van der Waals surface area contributed by atoms with E-state index in [0.29, 0.717) is 24.8 Å². The largest absolute Gasteiger partial charge is 0.349 e. The third-order valence-electron chi connectivity index (χ3n) is 5.10. The number of hydrogen-bond donors (Lipinski definition) is 1. The predicted octanol–water partition coefficient (Wildman–Crippen LogP) is -0.0161. The van der Waals surface area contributed by atoms with E-state index >= 15 is 0 Å². The molecule has 2 amide bonds. The zero-order chi connectivity index (χ0) is 16.1. The summed E-state index contributed by atoms with van der Waals surface area (Å²) in [5.41, 5.74) is 5.79. The molecule has 1 heterocycles. The number of amides is 2. The first-order chi connectivity index (χ1) is 10.5. The van der Waals surface area contributed by atoms with Gasteiger partial charge in [-0.2, -0.15) is 0 Å². The molecule has 6 nitrogen and oxygen atoms in total. The Hall–Kier alpha value is -1.14. The molecular weight excluding hydrogens is 280 g/mol. The third kappa shape index (κ3) is 4.20. The standard InChI is InChI=1S/C16H30N4O2/c1-18(2)15(21)6-7-19-8-10-20(11-9-19)16(22)14-5-3-4-13(14)12-17/h13-14H,3-12,17H2,1-2H3/t13-,14-/m1/s1. The fourth-order valence-electron chi connectivity index (χ4n) is 3.55. The first kappa shape index (κ1) is 17.2. The lowest BCUT2D eigenvalue weighted by molar-refractivity contribution is -0.138. The molecular formula is C16H30N4O2. The molecule has 126 valence electrons. The summed E-state index contributed by atoms with van der Waals surface area (Å²) in [6, 6.07) is 0. The number of nitrogens with zero attached hydrogens (tertiary/aromatic N) is 3. The number of piperazine rings is 1. The molecule has 2 aliphatic rings. The van der Waals surface area contributed by atoms with Gasteiger partial charge in [-0.1, -0.05) is 6.42 Å². The molecule has 2 N–H and O–H groups in total. The maximum Gasteiger partial charge on any atom is 0.226 e. The van der Waals surface area contributed by atoms with E-state index in [-0.39, 0.29) is 11.8 Å². The van der Waals surface area contributed by atoms with Crippen LogP contribution in [0.25, 0.3) is 0 Å². The first-order valence-electron chi connectivity index (χ1n) is 8.44. The van der Waals surface area contributed by atoms with E-state index in [2.05, 4.69) is 4.90 Å². The second-order valence-corrected chi connectivity index (χ2v) is 6.74. The van der Waals surface area contributed by atoms with Crippen LogP contribution in [-0.4, -0.2) is 79.9 Å². The Morgan fingerprint density at radius 3 is 2.41 bits per heavy atom. The lowest BCUT2D eigenvalue weighted by Crippen LogP contribution is -2.51. The lowest BCUT2D eigenvalue weighted by Gasteiger charge is -2.36. The van der Waals surface area contributed by atoms with Gasteiger partial charge in [0.1, 0.15) is 0 Å². The van der Waals surface area contributed by atoms with Crippen LogP contribution in [0.2, 0.25) is 0 Å². The van der Waals surface area contributed by atoms with Gasteiger partial charge in [0, 0.05) is 59.2 Å². The molecule has 22 heavy (non-hydrogen) atoms. The average molecular weight is 310 g/mol. The summed E-state index contributed by atoms with van der Waals surface area (Å²) in [6.07, 6.45) is 3.78. The SMILES string of the molecule is CN(C)C(=O)CCN1CCN(C(=O)[C@@H]2CCC[C@@H]2CN)CC1. The van der Waals surface area contributed by atoms with Crippen molar-refractivity contribution < 1.29 is 9.59 Å². The van der Waals surface area contributed by atoms with Gasteiger partial charge in [0.25, 0.3) is 0 Å². The Kier molecular flexibility index (Phi) is 6.20. The molecule has 0 aromatic heterocycles. The van der Waals surface area contributed by atoms with E-state index < -0.39 is 0 Å². The van der Waals surface area contributed by atoms with Gasteiger partial charge in [-0.15, -0.1) is 0 Å². The Labute approximate surface area is 133 Å². The zero-order valence-corrected chi connectivity index (χ0v) is 14.0. The van der Waals surface area contributed by atoms with Gasteiger partial charge in [0.15, 0.2) is 0 Å². The molecule has 0 bridgehead atoms. The second kappa shape index (κ2) is 7.92. The van der Waals surface area contributed by atoms with Crippen LogP contribution in [0, 0.1) is 11.8 Å². The number of carbonyl (C=O) groups excluding carboxylic acids is 2. The molecule has 1 aliphatic carbocycles. The Bertz CT molecular complexity index is 392. The minimum Gasteiger partial charge on any atom is -0.349 e. The van der Waals surface area contributed by atoms with E-state index in [1.807, 2.05) is 4.90 Å². The van der Waals surface area contributed by atoms with Crippen LogP contribution >= 0.6 is 0 Å². The fraction of sp³-hybridized carbons (Fsp3) is 0.875. The summed E-state index contributed by atoms with van der Waals surface area (Å²) in [6.45, 7) is 4.71. The fourth-order valence-corrected chi connectivity index (χ4v) is 3.55. The molecule has 6 heteroatoms. The highest BCUT2D eigenvalue weighted by atomic mass is 16.2. The van der Waals surface area contributed by atoms with Crippen LogP contribution in [0.5, 0.6) is 0 Å². The molecule has 1 saturated carbocycles. The van der Waals surface area contributed by atoms with Gasteiger partial charge in [0.05, 0.1) is 0 Å². The van der Waals surface area contributed by atoms with Crippen LogP contribution < -0.4 is 5.73 Å². The van der Waals surface area contributed by atoms with Crippen LogP contribution in [0.4, 0.5) is 0 Å². The minimum absolute atomic E-state index is 0.145. The smallest absolute Gasteiger partial charge is 0.226 e. The molecule has 0 aromatic carbocycles. The van der Waals surface area contributed by atoms with Crippen molar-refractivity contribution in [2.24, 2.45) is 17.6 Å². The molecule has 0 radical (unpaired) electrons. The van der Waals surface area contributed by atoms with Crippen molar-refractivity contribution in [2.75, 3.05) is 53.4 Å². The van der Waals surface area contributed by atoms with Crippen LogP contribution in [0.3, 0.4) is 0 Å². The summed E-state index contributed by atoms with van der Waals surface area (Å²) in [5.74, 6) is 0.988. The molecule has 1 aliphatic heterocycles. The molecule has 0 spiro atoms. The number of carbonyl (C=O) groups is 2. The van der Waals surface area contributed by atoms with Crippen molar-refractivity contribution >= 4 is 11.8 Å². The second-order valence-electron chi connectivity index (χ2n) is 6.74. The van der Waals surface area contributed by atoms with Crippen molar-refractivity contribution in [1.29, 1.82) is 0 Å². The van der Waals surface area contributed by atoms with Gasteiger partial charge in [0.2, 0.25) is 11.8 Å². The van der Waals surface area contributed by atoms with Gasteiger partial charge < -0.3 is 15.5 Å². The highest BCUT2D eigenvalue weighted by Gasteiger charge is 2.35. The Morgan fingerprint density at radius 2 is 1.82 bits per heavy atom. The van der Waals surface area contributed by atoms with Crippen molar-refractivity contribution in [1.82, 2.24) is 14.7 Å². The maximum atomic E-state index is 12.6. The molecule has 0 aromatic rings. The molecule has 2 atom stereocenters. The quantitative estimate of drug-likeness (QED) is 0.775. The van der Waals surface area contributed by atoms with Crippen LogP contribution in [-0.2, 0) is 9.59 Å². The first-order valence-corrected chi connectivity index (χ1v) is 8.44. The number of rotatable bonds is 5. The van der Waals surface area contributed by atoms with Gasteiger partial charge in [-0.05, 0) is 25.3 Å². The summed E-state index contributed by atoms with van der Waals surface area (Å²) in [7, 11) is 3.57. The Morgan fingerprint density at radius 1 is 1.14 bits per heavy atom. The summed E-state index contributed by atoms with van der Waals surface area (Å²) in [4.78, 5) is 30.2. The van der Waals surface area contributed by atoms with Crippen molar-refractivity contribution in [3.8, 4) is 0 Å². The van der Waals surface area contributed by atoms with Gasteiger partial charge in [-0.25, -0.2) is 0 Å². The highest BCUT2D eigenvalue weighted by molar-refractivity contribution is 5.79. The topological polar surface area (TPSA) is 69.9 Å². The molecule has 2 fully saturated rings. The van der Waals surface area contributed by atoms with Gasteiger partial charge in [-0.3, -0.25) is 14.5 Å². The number of nitrogens with two attached hydrogens (primary N) is 1. The highest BCUT2D eigenvalue weighted by Crippen LogP contribution is 2.32. The van der Waals surface area contributed by atoms with E-state index in [9.17, 15) is 9.59 Å². The molecule has 0 unspecified atom stereocenters. The van der Waals surface area contributed by atoms with E-state index in [1.165, 1.54) is 0 Å². The summed E-state index contributed by atoms with van der Waals surface area (Å²) >= 11 is 0. The molecule has 1 saturated heterocycles. The van der Waals surface area contributed by atoms with Crippen molar-refractivity contribution in [3.63, 3.8) is 0 Å². The summed E-state index contributed by atoms with van der Waals surface area (Å²) < 4.78 is 0. The summed E-state index contributed by atoms with van der Waals surface area (Å²) in [5, 5.41) is 0. The van der Waals surface area contributed by atoms with E-state index in [4.69, 9.17) is 5.73 Å². The Balaban J connectivity index is 1.75. The number of hydrogen-bond acceptors (Lipinski definition) is 4. The van der Waals surface area contributed by atoms with Gasteiger partial charge >= 0.3 is 0 Å². The molecule has 2 rings (SSSR count). The maximum absolute atomic E-state index is 12.6. The minimum atomic E-state index is 0.145. The lowest BCUT2D eigenvalue weighted by atomic mass is 9.94. The van der Waals surface area contributed by atoms with Crippen molar-refractivity contribution in [2.45, 2.75) is 25.7 Å². The van der Waals surface area contributed by atoms with E-state index in [0.717, 1.165) is 52.0 Å². The van der Waals surface area contributed by atoms with Crippen LogP contribution in [0.1, 0.15) is 25.7 Å². The van der Waals surface area contributed by atoms with Crippen molar-refractivity contribution in [3.05, 3.63) is 0 Å².